The highest BCUT2D eigenvalue weighted by molar-refractivity contribution is 6.29. The fourth-order valence-electron chi connectivity index (χ4n) is 2.30. The largest absolute Gasteiger partial charge is 0.339 e. The first-order chi connectivity index (χ1) is 8.58. The minimum absolute atomic E-state index is 0.0523. The van der Waals surface area contributed by atoms with Gasteiger partial charge < -0.3 is 9.80 Å². The molecule has 0 N–H and O–H groups in total. The van der Waals surface area contributed by atoms with Crippen LogP contribution in [0.1, 0.15) is 23.2 Å². The summed E-state index contributed by atoms with van der Waals surface area (Å²) in [5.41, 5.74) is 0.623. The van der Waals surface area contributed by atoms with Crippen LogP contribution < -0.4 is 0 Å². The molecule has 0 atom stereocenters. The maximum atomic E-state index is 12.3. The number of nitrogens with zero attached hydrogens (tertiary/aromatic N) is 3. The molecule has 0 bridgehead atoms. The van der Waals surface area contributed by atoms with E-state index in [0.29, 0.717) is 16.8 Å². The van der Waals surface area contributed by atoms with Gasteiger partial charge >= 0.3 is 0 Å². The Labute approximate surface area is 113 Å². The highest BCUT2D eigenvalue weighted by Gasteiger charge is 2.24. The lowest BCUT2D eigenvalue weighted by atomic mass is 10.0. The number of piperidine rings is 1. The molecule has 4 nitrogen and oxygen atoms in total. The van der Waals surface area contributed by atoms with Crippen molar-refractivity contribution in [3.8, 4) is 0 Å². The van der Waals surface area contributed by atoms with Crippen LogP contribution in [-0.2, 0) is 0 Å². The quantitative estimate of drug-likeness (QED) is 0.768. The number of hydrogen-bond donors (Lipinski definition) is 0. The van der Waals surface area contributed by atoms with Crippen LogP contribution >= 0.6 is 11.6 Å². The van der Waals surface area contributed by atoms with Crippen LogP contribution in [0.3, 0.4) is 0 Å². The molecule has 0 spiro atoms. The van der Waals surface area contributed by atoms with Gasteiger partial charge in [0.2, 0.25) is 0 Å². The normalized spacial score (nSPS) is 17.2. The Kier molecular flexibility index (Phi) is 4.19. The van der Waals surface area contributed by atoms with E-state index >= 15 is 0 Å². The predicted octanol–water partition coefficient (Wildman–Crippen LogP) is 1.90. The van der Waals surface area contributed by atoms with Gasteiger partial charge in [0.15, 0.2) is 0 Å². The number of amides is 1. The minimum atomic E-state index is 0.0523. The summed E-state index contributed by atoms with van der Waals surface area (Å²) in [6.45, 7) is 1.61. The third-order valence-electron chi connectivity index (χ3n) is 3.46. The molecule has 0 saturated carbocycles. The molecule has 0 aliphatic carbocycles. The molecule has 2 rings (SSSR count). The fourth-order valence-corrected chi connectivity index (χ4v) is 2.48. The van der Waals surface area contributed by atoms with E-state index in [1.807, 2.05) is 4.90 Å². The highest BCUT2D eigenvalue weighted by atomic mass is 35.5. The van der Waals surface area contributed by atoms with Crippen LogP contribution in [0.5, 0.6) is 0 Å². The van der Waals surface area contributed by atoms with Crippen molar-refractivity contribution in [3.05, 3.63) is 29.0 Å². The van der Waals surface area contributed by atoms with Gasteiger partial charge in [0.1, 0.15) is 5.15 Å². The van der Waals surface area contributed by atoms with Gasteiger partial charge in [-0.25, -0.2) is 4.98 Å². The fraction of sp³-hybridized carbons (Fsp3) is 0.538. The van der Waals surface area contributed by atoms with Gasteiger partial charge in [-0.2, -0.15) is 0 Å². The zero-order chi connectivity index (χ0) is 13.1. The Balaban J connectivity index is 1.99. The molecule has 1 aromatic rings. The molecule has 0 radical (unpaired) electrons. The lowest BCUT2D eigenvalue weighted by Crippen LogP contribution is -2.44. The molecule has 98 valence electrons. The highest BCUT2D eigenvalue weighted by Crippen LogP contribution is 2.17. The summed E-state index contributed by atoms with van der Waals surface area (Å²) >= 11 is 5.80. The number of likely N-dealkylation sites (tertiary alicyclic amines) is 1. The SMILES string of the molecule is CN(C)C1CCN(C(=O)c2ccnc(Cl)c2)CC1. The first-order valence-corrected chi connectivity index (χ1v) is 6.53. The number of pyridine rings is 1. The monoisotopic (exact) mass is 267 g/mol. The van der Waals surface area contributed by atoms with E-state index in [2.05, 4.69) is 24.0 Å². The lowest BCUT2D eigenvalue weighted by molar-refractivity contribution is 0.0663. The second kappa shape index (κ2) is 5.67. The summed E-state index contributed by atoms with van der Waals surface area (Å²) in [5, 5.41) is 0.365. The summed E-state index contributed by atoms with van der Waals surface area (Å²) in [6, 6.07) is 3.92. The van der Waals surface area contributed by atoms with Gasteiger partial charge in [-0.1, -0.05) is 11.6 Å². The van der Waals surface area contributed by atoms with Crippen LogP contribution in [0, 0.1) is 0 Å². The molecule has 0 unspecified atom stereocenters. The van der Waals surface area contributed by atoms with E-state index in [0.717, 1.165) is 25.9 Å². The van der Waals surface area contributed by atoms with E-state index in [1.165, 1.54) is 0 Å². The van der Waals surface area contributed by atoms with Crippen molar-refractivity contribution in [2.75, 3.05) is 27.2 Å². The van der Waals surface area contributed by atoms with Gasteiger partial charge in [-0.15, -0.1) is 0 Å². The third kappa shape index (κ3) is 3.00. The number of carbonyl (C=O) groups excluding carboxylic acids is 1. The number of halogens is 1. The Morgan fingerprint density at radius 3 is 2.67 bits per heavy atom. The van der Waals surface area contributed by atoms with Gasteiger partial charge in [-0.3, -0.25) is 4.79 Å². The van der Waals surface area contributed by atoms with Gasteiger partial charge in [0, 0.05) is 30.9 Å². The van der Waals surface area contributed by atoms with Gasteiger partial charge in [0.05, 0.1) is 0 Å². The molecule has 1 aliphatic heterocycles. The topological polar surface area (TPSA) is 36.4 Å². The Hall–Kier alpha value is -1.13. The summed E-state index contributed by atoms with van der Waals surface area (Å²) in [4.78, 5) is 20.3. The van der Waals surface area contributed by atoms with Crippen molar-refractivity contribution < 1.29 is 4.79 Å². The van der Waals surface area contributed by atoms with E-state index in [1.54, 1.807) is 18.3 Å². The maximum Gasteiger partial charge on any atom is 0.254 e. The zero-order valence-electron chi connectivity index (χ0n) is 10.8. The molecule has 0 aromatic carbocycles. The number of rotatable bonds is 2. The Morgan fingerprint density at radius 1 is 1.44 bits per heavy atom. The van der Waals surface area contributed by atoms with Crippen LogP contribution in [-0.4, -0.2) is 53.9 Å². The van der Waals surface area contributed by atoms with Gasteiger partial charge in [0.25, 0.3) is 5.91 Å². The first-order valence-electron chi connectivity index (χ1n) is 6.15. The summed E-state index contributed by atoms with van der Waals surface area (Å²) < 4.78 is 0. The van der Waals surface area contributed by atoms with Crippen molar-refractivity contribution in [1.29, 1.82) is 0 Å². The minimum Gasteiger partial charge on any atom is -0.339 e. The smallest absolute Gasteiger partial charge is 0.254 e. The summed E-state index contributed by atoms with van der Waals surface area (Å²) in [6.07, 6.45) is 3.62. The van der Waals surface area contributed by atoms with Crippen molar-refractivity contribution in [2.24, 2.45) is 0 Å². The van der Waals surface area contributed by atoms with Crippen LogP contribution in [0.15, 0.2) is 18.3 Å². The van der Waals surface area contributed by atoms with Crippen LogP contribution in [0.25, 0.3) is 0 Å². The average molecular weight is 268 g/mol. The lowest BCUT2D eigenvalue weighted by Gasteiger charge is -2.35. The summed E-state index contributed by atoms with van der Waals surface area (Å²) in [7, 11) is 4.18. The molecule has 5 heteroatoms. The van der Waals surface area contributed by atoms with E-state index in [-0.39, 0.29) is 5.91 Å². The van der Waals surface area contributed by atoms with Crippen molar-refractivity contribution in [3.63, 3.8) is 0 Å². The van der Waals surface area contributed by atoms with Crippen molar-refractivity contribution in [2.45, 2.75) is 18.9 Å². The molecular formula is C13H18ClN3O. The number of carbonyl (C=O) groups is 1. The number of aromatic nitrogens is 1. The molecule has 1 amide bonds. The molecule has 18 heavy (non-hydrogen) atoms. The molecule has 2 heterocycles. The molecule has 1 saturated heterocycles. The molecule has 1 aromatic heterocycles. The zero-order valence-corrected chi connectivity index (χ0v) is 11.5. The van der Waals surface area contributed by atoms with E-state index in [4.69, 9.17) is 11.6 Å². The third-order valence-corrected chi connectivity index (χ3v) is 3.66. The van der Waals surface area contributed by atoms with Crippen LogP contribution in [0.2, 0.25) is 5.15 Å². The second-order valence-corrected chi connectivity index (χ2v) is 5.24. The molecule has 1 aliphatic rings. The number of hydrogen-bond acceptors (Lipinski definition) is 3. The Morgan fingerprint density at radius 2 is 2.11 bits per heavy atom. The van der Waals surface area contributed by atoms with E-state index in [9.17, 15) is 4.79 Å². The Bertz CT molecular complexity index is 428. The van der Waals surface area contributed by atoms with E-state index < -0.39 is 0 Å². The first kappa shape index (κ1) is 13.3. The van der Waals surface area contributed by atoms with Crippen LogP contribution in [0.4, 0.5) is 0 Å². The van der Waals surface area contributed by atoms with Crippen molar-refractivity contribution in [1.82, 2.24) is 14.8 Å². The van der Waals surface area contributed by atoms with Crippen molar-refractivity contribution >= 4 is 17.5 Å². The second-order valence-electron chi connectivity index (χ2n) is 4.85. The molecular weight excluding hydrogens is 250 g/mol. The summed E-state index contributed by atoms with van der Waals surface area (Å²) in [5.74, 6) is 0.0523. The average Bonchev–Trinajstić information content (AvgIpc) is 2.38. The van der Waals surface area contributed by atoms with Gasteiger partial charge in [-0.05, 0) is 39.1 Å². The standard InChI is InChI=1S/C13H18ClN3O/c1-16(2)11-4-7-17(8-5-11)13(18)10-3-6-15-12(14)9-10/h3,6,9,11H,4-5,7-8H2,1-2H3. The maximum absolute atomic E-state index is 12.3. The molecule has 1 fully saturated rings. The predicted molar refractivity (Wildman–Crippen MR) is 71.9 cm³/mol.